The summed E-state index contributed by atoms with van der Waals surface area (Å²) in [4.78, 5) is 12.1. The molecule has 0 radical (unpaired) electrons. The number of carbonyl (C=O) groups is 1. The Kier molecular flexibility index (Phi) is 3.16. The van der Waals surface area contributed by atoms with Gasteiger partial charge in [-0.3, -0.25) is 4.79 Å². The molecule has 0 bridgehead atoms. The second-order valence-electron chi connectivity index (χ2n) is 4.27. The molecule has 0 saturated carbocycles. The SMILES string of the molecule is O=C1/C(=C/c2cc(Cl)c(O)c(Cl)c2)Oc2ccccc21. The van der Waals surface area contributed by atoms with Gasteiger partial charge in [-0.2, -0.15) is 0 Å². The zero-order valence-electron chi connectivity index (χ0n) is 10.1. The van der Waals surface area contributed by atoms with E-state index in [9.17, 15) is 9.90 Å². The van der Waals surface area contributed by atoms with Crippen LogP contribution >= 0.6 is 23.2 Å². The summed E-state index contributed by atoms with van der Waals surface area (Å²) in [7, 11) is 0. The molecule has 100 valence electrons. The maximum Gasteiger partial charge on any atom is 0.231 e. The highest BCUT2D eigenvalue weighted by atomic mass is 35.5. The third-order valence-corrected chi connectivity index (χ3v) is 3.49. The fraction of sp³-hybridized carbons (Fsp3) is 0. The molecule has 0 atom stereocenters. The van der Waals surface area contributed by atoms with E-state index in [1.165, 1.54) is 12.1 Å². The minimum Gasteiger partial charge on any atom is -0.505 e. The number of rotatable bonds is 1. The maximum atomic E-state index is 12.1. The summed E-state index contributed by atoms with van der Waals surface area (Å²) >= 11 is 11.7. The van der Waals surface area contributed by atoms with Crippen LogP contribution in [0.2, 0.25) is 10.0 Å². The van der Waals surface area contributed by atoms with Crippen molar-refractivity contribution in [2.75, 3.05) is 0 Å². The van der Waals surface area contributed by atoms with Gasteiger partial charge in [-0.25, -0.2) is 0 Å². The Morgan fingerprint density at radius 3 is 2.40 bits per heavy atom. The predicted molar refractivity (Wildman–Crippen MR) is 77.5 cm³/mol. The monoisotopic (exact) mass is 306 g/mol. The van der Waals surface area contributed by atoms with Crippen molar-refractivity contribution in [3.8, 4) is 11.5 Å². The molecule has 1 heterocycles. The molecule has 1 N–H and O–H groups in total. The van der Waals surface area contributed by atoms with Crippen LogP contribution in [0.3, 0.4) is 0 Å². The second kappa shape index (κ2) is 4.85. The van der Waals surface area contributed by atoms with Crippen LogP contribution in [0.15, 0.2) is 42.2 Å². The quantitative estimate of drug-likeness (QED) is 0.798. The van der Waals surface area contributed by atoms with Gasteiger partial charge in [-0.15, -0.1) is 0 Å². The summed E-state index contributed by atoms with van der Waals surface area (Å²) in [5.74, 6) is 0.349. The molecule has 1 aliphatic heterocycles. The van der Waals surface area contributed by atoms with Crippen molar-refractivity contribution < 1.29 is 14.6 Å². The molecular weight excluding hydrogens is 299 g/mol. The van der Waals surface area contributed by atoms with Gasteiger partial charge >= 0.3 is 0 Å². The molecule has 3 nitrogen and oxygen atoms in total. The van der Waals surface area contributed by atoms with Gasteiger partial charge in [0, 0.05) is 0 Å². The smallest absolute Gasteiger partial charge is 0.231 e. The zero-order chi connectivity index (χ0) is 14.3. The highest BCUT2D eigenvalue weighted by Crippen LogP contribution is 2.35. The summed E-state index contributed by atoms with van der Waals surface area (Å²) < 4.78 is 5.50. The Bertz CT molecular complexity index is 728. The van der Waals surface area contributed by atoms with E-state index in [1.54, 1.807) is 30.3 Å². The van der Waals surface area contributed by atoms with Gasteiger partial charge in [-0.05, 0) is 35.9 Å². The Balaban J connectivity index is 2.02. The molecule has 0 fully saturated rings. The van der Waals surface area contributed by atoms with Gasteiger partial charge in [0.25, 0.3) is 0 Å². The molecule has 0 amide bonds. The van der Waals surface area contributed by atoms with Crippen molar-refractivity contribution in [1.29, 1.82) is 0 Å². The number of allylic oxidation sites excluding steroid dienone is 1. The molecule has 0 aromatic heterocycles. The van der Waals surface area contributed by atoms with Gasteiger partial charge in [0.05, 0.1) is 15.6 Å². The standard InChI is InChI=1S/C15H8Cl2O3/c16-10-5-8(6-11(17)15(10)19)7-13-14(18)9-3-1-2-4-12(9)20-13/h1-7,19H/b13-7-. The molecule has 2 aromatic carbocycles. The van der Waals surface area contributed by atoms with Crippen molar-refractivity contribution in [2.24, 2.45) is 0 Å². The third kappa shape index (κ3) is 2.15. The normalized spacial score (nSPS) is 15.3. The van der Waals surface area contributed by atoms with E-state index in [0.29, 0.717) is 16.9 Å². The second-order valence-corrected chi connectivity index (χ2v) is 5.08. The fourth-order valence-electron chi connectivity index (χ4n) is 1.96. The van der Waals surface area contributed by atoms with Gasteiger partial charge in [0.1, 0.15) is 5.75 Å². The molecule has 1 aliphatic rings. The van der Waals surface area contributed by atoms with Crippen LogP contribution in [0, 0.1) is 0 Å². The largest absolute Gasteiger partial charge is 0.505 e. The highest BCUT2D eigenvalue weighted by molar-refractivity contribution is 6.37. The Labute approximate surface area is 125 Å². The van der Waals surface area contributed by atoms with E-state index < -0.39 is 0 Å². The van der Waals surface area contributed by atoms with E-state index in [2.05, 4.69) is 0 Å². The minimum atomic E-state index is -0.194. The predicted octanol–water partition coefficient (Wildman–Crippen LogP) is 4.32. The first-order chi connectivity index (χ1) is 9.56. The van der Waals surface area contributed by atoms with Crippen molar-refractivity contribution in [3.63, 3.8) is 0 Å². The van der Waals surface area contributed by atoms with E-state index in [-0.39, 0.29) is 27.3 Å². The first-order valence-corrected chi connectivity index (χ1v) is 6.53. The molecule has 3 rings (SSSR count). The van der Waals surface area contributed by atoms with Crippen molar-refractivity contribution in [2.45, 2.75) is 0 Å². The average molecular weight is 307 g/mol. The lowest BCUT2D eigenvalue weighted by atomic mass is 10.1. The van der Waals surface area contributed by atoms with Crippen LogP contribution in [0.4, 0.5) is 0 Å². The van der Waals surface area contributed by atoms with Gasteiger partial charge in [0.15, 0.2) is 11.5 Å². The molecule has 2 aromatic rings. The zero-order valence-corrected chi connectivity index (χ0v) is 11.6. The summed E-state index contributed by atoms with van der Waals surface area (Å²) in [6, 6.07) is 10.0. The summed E-state index contributed by atoms with van der Waals surface area (Å²) in [5.41, 5.74) is 1.10. The fourth-order valence-corrected chi connectivity index (χ4v) is 2.46. The van der Waals surface area contributed by atoms with E-state index in [1.807, 2.05) is 0 Å². The van der Waals surface area contributed by atoms with E-state index in [4.69, 9.17) is 27.9 Å². The highest BCUT2D eigenvalue weighted by Gasteiger charge is 2.26. The van der Waals surface area contributed by atoms with Crippen molar-refractivity contribution in [1.82, 2.24) is 0 Å². The van der Waals surface area contributed by atoms with E-state index in [0.717, 1.165) is 0 Å². The van der Waals surface area contributed by atoms with Crippen LogP contribution in [-0.4, -0.2) is 10.9 Å². The number of benzene rings is 2. The molecule has 0 unspecified atom stereocenters. The third-order valence-electron chi connectivity index (χ3n) is 2.91. The number of ketones is 1. The number of para-hydroxylation sites is 1. The van der Waals surface area contributed by atoms with Gasteiger partial charge in [-0.1, -0.05) is 35.3 Å². The molecular formula is C15H8Cl2O3. The van der Waals surface area contributed by atoms with Crippen LogP contribution in [0.25, 0.3) is 6.08 Å². The van der Waals surface area contributed by atoms with Crippen LogP contribution < -0.4 is 4.74 Å². The number of halogens is 2. The molecule has 20 heavy (non-hydrogen) atoms. The number of hydrogen-bond donors (Lipinski definition) is 1. The number of hydrogen-bond acceptors (Lipinski definition) is 3. The lowest BCUT2D eigenvalue weighted by Crippen LogP contribution is -1.98. The average Bonchev–Trinajstić information content (AvgIpc) is 2.73. The molecule has 0 spiro atoms. The lowest BCUT2D eigenvalue weighted by molar-refractivity contribution is 0.101. The number of carbonyl (C=O) groups excluding carboxylic acids is 1. The summed E-state index contributed by atoms with van der Waals surface area (Å²) in [6.45, 7) is 0. The number of phenolic OH excluding ortho intramolecular Hbond substituents is 1. The van der Waals surface area contributed by atoms with Crippen LogP contribution in [0.5, 0.6) is 11.5 Å². The molecule has 0 saturated heterocycles. The Hall–Kier alpha value is -1.97. The number of ether oxygens (including phenoxy) is 1. The van der Waals surface area contributed by atoms with Gasteiger partial charge in [0.2, 0.25) is 5.78 Å². The topological polar surface area (TPSA) is 46.5 Å². The number of Topliss-reactive ketones (excluding diaryl/α,β-unsaturated/α-hetero) is 1. The lowest BCUT2D eigenvalue weighted by Gasteiger charge is -2.03. The van der Waals surface area contributed by atoms with Crippen LogP contribution in [0.1, 0.15) is 15.9 Å². The first-order valence-electron chi connectivity index (χ1n) is 5.77. The number of fused-ring (bicyclic) bond motifs is 1. The summed E-state index contributed by atoms with van der Waals surface area (Å²) in [5, 5.41) is 9.74. The van der Waals surface area contributed by atoms with Crippen molar-refractivity contribution >= 4 is 35.1 Å². The van der Waals surface area contributed by atoms with Crippen molar-refractivity contribution in [3.05, 3.63) is 63.3 Å². The molecule has 0 aliphatic carbocycles. The van der Waals surface area contributed by atoms with E-state index >= 15 is 0 Å². The van der Waals surface area contributed by atoms with Crippen LogP contribution in [-0.2, 0) is 0 Å². The van der Waals surface area contributed by atoms with Gasteiger partial charge < -0.3 is 9.84 Å². The first kappa shape index (κ1) is 13.0. The Morgan fingerprint density at radius 1 is 1.10 bits per heavy atom. The maximum absolute atomic E-state index is 12.1. The number of aromatic hydroxyl groups is 1. The molecule has 5 heteroatoms. The number of phenols is 1. The Morgan fingerprint density at radius 2 is 1.75 bits per heavy atom. The minimum absolute atomic E-state index is 0.118. The summed E-state index contributed by atoms with van der Waals surface area (Å²) in [6.07, 6.45) is 1.54.